The number of likely N-dealkylation sites (N-methyl/N-ethyl adjacent to an activating group) is 1. The summed E-state index contributed by atoms with van der Waals surface area (Å²) in [6.07, 6.45) is 1.64. The van der Waals surface area contributed by atoms with Gasteiger partial charge in [-0.2, -0.15) is 0 Å². The number of anilines is 1. The quantitative estimate of drug-likeness (QED) is 0.820. The van der Waals surface area contributed by atoms with Crippen LogP contribution in [0.2, 0.25) is 0 Å². The summed E-state index contributed by atoms with van der Waals surface area (Å²) in [5.41, 5.74) is 0. The second-order valence-corrected chi connectivity index (χ2v) is 6.15. The molecule has 102 valence electrons. The lowest BCUT2D eigenvalue weighted by Crippen LogP contribution is -2.47. The highest BCUT2D eigenvalue weighted by atomic mass is 79.9. The number of thioether (sulfide) groups is 1. The Morgan fingerprint density at radius 3 is 2.84 bits per heavy atom. The SMILES string of the molecule is CC(=O)N1CSCC1C(=O)N(C)c1ccc(Br)cn1. The van der Waals surface area contributed by atoms with Gasteiger partial charge in [0.2, 0.25) is 5.91 Å². The van der Waals surface area contributed by atoms with Crippen LogP contribution in [0, 0.1) is 0 Å². The largest absolute Gasteiger partial charge is 0.321 e. The maximum Gasteiger partial charge on any atom is 0.251 e. The summed E-state index contributed by atoms with van der Waals surface area (Å²) in [4.78, 5) is 31.2. The molecule has 1 aliphatic rings. The summed E-state index contributed by atoms with van der Waals surface area (Å²) in [5.74, 6) is 1.62. The van der Waals surface area contributed by atoms with Crippen LogP contribution in [-0.4, -0.2) is 46.4 Å². The van der Waals surface area contributed by atoms with Crippen molar-refractivity contribution in [3.8, 4) is 0 Å². The number of nitrogens with zero attached hydrogens (tertiary/aromatic N) is 3. The molecule has 1 aromatic heterocycles. The minimum Gasteiger partial charge on any atom is -0.321 e. The number of carbonyl (C=O) groups is 2. The second-order valence-electron chi connectivity index (χ2n) is 4.24. The van der Waals surface area contributed by atoms with E-state index < -0.39 is 6.04 Å². The zero-order chi connectivity index (χ0) is 14.0. The molecule has 0 aliphatic carbocycles. The van der Waals surface area contributed by atoms with Gasteiger partial charge in [0.15, 0.2) is 0 Å². The van der Waals surface area contributed by atoms with Crippen molar-refractivity contribution in [2.45, 2.75) is 13.0 Å². The number of hydrogen-bond acceptors (Lipinski definition) is 4. The monoisotopic (exact) mass is 343 g/mol. The van der Waals surface area contributed by atoms with Gasteiger partial charge >= 0.3 is 0 Å². The fourth-order valence-electron chi connectivity index (χ4n) is 1.86. The summed E-state index contributed by atoms with van der Waals surface area (Å²) in [7, 11) is 1.68. The first-order chi connectivity index (χ1) is 9.00. The van der Waals surface area contributed by atoms with Crippen LogP contribution in [0.15, 0.2) is 22.8 Å². The van der Waals surface area contributed by atoms with Crippen molar-refractivity contribution in [3.63, 3.8) is 0 Å². The molecule has 2 heterocycles. The van der Waals surface area contributed by atoms with E-state index in [4.69, 9.17) is 0 Å². The number of pyridine rings is 1. The van der Waals surface area contributed by atoms with Gasteiger partial charge in [-0.15, -0.1) is 11.8 Å². The number of rotatable bonds is 2. The van der Waals surface area contributed by atoms with Gasteiger partial charge in [-0.25, -0.2) is 4.98 Å². The van der Waals surface area contributed by atoms with Gasteiger partial charge in [-0.3, -0.25) is 14.5 Å². The van der Waals surface area contributed by atoms with Crippen molar-refractivity contribution in [1.82, 2.24) is 9.88 Å². The molecular formula is C12H14BrN3O2S. The molecule has 1 aromatic rings. The maximum atomic E-state index is 12.4. The van der Waals surface area contributed by atoms with Gasteiger partial charge in [-0.05, 0) is 28.1 Å². The predicted octanol–water partition coefficient (Wildman–Crippen LogP) is 1.73. The molecule has 7 heteroatoms. The van der Waals surface area contributed by atoms with Gasteiger partial charge in [0.05, 0.1) is 5.88 Å². The van der Waals surface area contributed by atoms with E-state index in [0.29, 0.717) is 17.4 Å². The van der Waals surface area contributed by atoms with Crippen LogP contribution in [0.4, 0.5) is 5.82 Å². The third-order valence-corrected chi connectivity index (χ3v) is 4.44. The van der Waals surface area contributed by atoms with Crippen molar-refractivity contribution >= 4 is 45.3 Å². The van der Waals surface area contributed by atoms with Crippen LogP contribution in [0.1, 0.15) is 6.92 Å². The van der Waals surface area contributed by atoms with Gasteiger partial charge in [0.25, 0.3) is 5.91 Å². The number of amides is 2. The first-order valence-electron chi connectivity index (χ1n) is 5.75. The fourth-order valence-corrected chi connectivity index (χ4v) is 3.30. The van der Waals surface area contributed by atoms with Crippen molar-refractivity contribution in [3.05, 3.63) is 22.8 Å². The van der Waals surface area contributed by atoms with Crippen LogP contribution in [0.3, 0.4) is 0 Å². The standard InChI is InChI=1S/C12H14BrN3O2S/c1-8(17)16-7-19-6-10(16)12(18)15(2)11-4-3-9(13)5-14-11/h3-5,10H,6-7H2,1-2H3. The molecule has 2 rings (SSSR count). The number of aromatic nitrogens is 1. The van der Waals surface area contributed by atoms with Crippen molar-refractivity contribution in [1.29, 1.82) is 0 Å². The minimum atomic E-state index is -0.391. The molecule has 0 radical (unpaired) electrons. The predicted molar refractivity (Wildman–Crippen MR) is 79.0 cm³/mol. The zero-order valence-electron chi connectivity index (χ0n) is 10.7. The maximum absolute atomic E-state index is 12.4. The lowest BCUT2D eigenvalue weighted by molar-refractivity contribution is -0.135. The van der Waals surface area contributed by atoms with E-state index in [-0.39, 0.29) is 11.8 Å². The Bertz CT molecular complexity index is 494. The van der Waals surface area contributed by atoms with Crippen LogP contribution in [0.25, 0.3) is 0 Å². The zero-order valence-corrected chi connectivity index (χ0v) is 13.1. The molecule has 0 aromatic carbocycles. The Labute approximate surface area is 124 Å². The van der Waals surface area contributed by atoms with E-state index in [2.05, 4.69) is 20.9 Å². The molecular weight excluding hydrogens is 330 g/mol. The smallest absolute Gasteiger partial charge is 0.251 e. The van der Waals surface area contributed by atoms with Crippen LogP contribution in [-0.2, 0) is 9.59 Å². The second kappa shape index (κ2) is 5.92. The number of hydrogen-bond donors (Lipinski definition) is 0. The molecule has 19 heavy (non-hydrogen) atoms. The van der Waals surface area contributed by atoms with Crippen molar-refractivity contribution in [2.75, 3.05) is 23.6 Å². The van der Waals surface area contributed by atoms with Crippen molar-refractivity contribution in [2.24, 2.45) is 0 Å². The van der Waals surface area contributed by atoms with Crippen molar-refractivity contribution < 1.29 is 9.59 Å². The molecule has 2 amide bonds. The molecule has 0 bridgehead atoms. The van der Waals surface area contributed by atoms with E-state index >= 15 is 0 Å². The summed E-state index contributed by atoms with van der Waals surface area (Å²) < 4.78 is 0.860. The van der Waals surface area contributed by atoms with E-state index in [1.54, 1.807) is 36.0 Å². The molecule has 1 saturated heterocycles. The molecule has 1 atom stereocenters. The minimum absolute atomic E-state index is 0.0690. The lowest BCUT2D eigenvalue weighted by atomic mass is 10.2. The Kier molecular flexibility index (Phi) is 4.46. The first kappa shape index (κ1) is 14.3. The normalized spacial score (nSPS) is 18.5. The highest BCUT2D eigenvalue weighted by Crippen LogP contribution is 2.24. The van der Waals surface area contributed by atoms with Crippen LogP contribution < -0.4 is 4.90 Å². The highest BCUT2D eigenvalue weighted by molar-refractivity contribution is 9.10. The summed E-state index contributed by atoms with van der Waals surface area (Å²) in [5, 5.41) is 0. The Hall–Kier alpha value is -1.08. The third kappa shape index (κ3) is 3.09. The average Bonchev–Trinajstić information content (AvgIpc) is 2.87. The molecule has 5 nitrogen and oxygen atoms in total. The van der Waals surface area contributed by atoms with E-state index in [1.807, 2.05) is 6.07 Å². The molecule has 0 spiro atoms. The van der Waals surface area contributed by atoms with Gasteiger partial charge in [0, 0.05) is 30.4 Å². The molecule has 1 aliphatic heterocycles. The highest BCUT2D eigenvalue weighted by Gasteiger charge is 2.35. The lowest BCUT2D eigenvalue weighted by Gasteiger charge is -2.26. The summed E-state index contributed by atoms with van der Waals surface area (Å²) in [6.45, 7) is 1.49. The van der Waals surface area contributed by atoms with Gasteiger partial charge in [0.1, 0.15) is 11.9 Å². The van der Waals surface area contributed by atoms with Crippen LogP contribution in [0.5, 0.6) is 0 Å². The number of halogens is 1. The fraction of sp³-hybridized carbons (Fsp3) is 0.417. The molecule has 0 N–H and O–H groups in total. The molecule has 1 fully saturated rings. The average molecular weight is 344 g/mol. The number of carbonyl (C=O) groups excluding carboxylic acids is 2. The third-order valence-electron chi connectivity index (χ3n) is 2.96. The summed E-state index contributed by atoms with van der Waals surface area (Å²) in [6, 6.07) is 3.21. The van der Waals surface area contributed by atoms with Crippen LogP contribution >= 0.6 is 27.7 Å². The molecule has 0 saturated carbocycles. The van der Waals surface area contributed by atoms with E-state index in [1.165, 1.54) is 11.8 Å². The Morgan fingerprint density at radius 2 is 2.26 bits per heavy atom. The summed E-state index contributed by atoms with van der Waals surface area (Å²) >= 11 is 4.90. The molecule has 1 unspecified atom stereocenters. The Balaban J connectivity index is 2.14. The first-order valence-corrected chi connectivity index (χ1v) is 7.69. The Morgan fingerprint density at radius 1 is 1.53 bits per heavy atom. The van der Waals surface area contributed by atoms with E-state index in [9.17, 15) is 9.59 Å². The van der Waals surface area contributed by atoms with Gasteiger partial charge in [-0.1, -0.05) is 0 Å². The topological polar surface area (TPSA) is 53.5 Å². The van der Waals surface area contributed by atoms with Gasteiger partial charge < -0.3 is 4.90 Å². The van der Waals surface area contributed by atoms with E-state index in [0.717, 1.165) is 4.47 Å².